The Bertz CT molecular complexity index is 790. The Hall–Kier alpha value is -3.06. The minimum absolute atomic E-state index is 0.181. The lowest BCUT2D eigenvalue weighted by Gasteiger charge is -2.16. The molecule has 0 atom stereocenters. The Balaban J connectivity index is 2.39. The van der Waals surface area contributed by atoms with Crippen LogP contribution in [0.2, 0.25) is 0 Å². The predicted octanol–water partition coefficient (Wildman–Crippen LogP) is 2.16. The lowest BCUT2D eigenvalue weighted by atomic mass is 10.1. The third kappa shape index (κ3) is 4.48. The molecule has 0 aliphatic heterocycles. The van der Waals surface area contributed by atoms with Crippen molar-refractivity contribution in [3.05, 3.63) is 47.5 Å². The average Bonchev–Trinajstić information content (AvgIpc) is 2.62. The zero-order valence-corrected chi connectivity index (χ0v) is 14.4. The largest absolute Gasteiger partial charge is 0.493 e. The van der Waals surface area contributed by atoms with E-state index < -0.39 is 5.91 Å². The Labute approximate surface area is 146 Å². The normalized spacial score (nSPS) is 10.1. The number of anilines is 2. The summed E-state index contributed by atoms with van der Waals surface area (Å²) in [6.07, 6.45) is 0. The van der Waals surface area contributed by atoms with E-state index in [1.807, 2.05) is 13.0 Å². The monoisotopic (exact) mass is 343 g/mol. The van der Waals surface area contributed by atoms with Gasteiger partial charge in [-0.15, -0.1) is 0 Å². The number of amides is 2. The number of rotatable bonds is 6. The van der Waals surface area contributed by atoms with E-state index in [1.165, 1.54) is 14.2 Å². The molecule has 0 spiro atoms. The summed E-state index contributed by atoms with van der Waals surface area (Å²) in [6.45, 7) is 1.72. The van der Waals surface area contributed by atoms with E-state index in [-0.39, 0.29) is 12.5 Å². The first-order valence-electron chi connectivity index (χ1n) is 7.62. The summed E-state index contributed by atoms with van der Waals surface area (Å²) >= 11 is 0. The molecule has 0 saturated heterocycles. The van der Waals surface area contributed by atoms with Crippen LogP contribution in [-0.2, 0) is 4.79 Å². The number of hydrogen-bond acceptors (Lipinski definition) is 5. The number of carbonyl (C=O) groups is 2. The van der Waals surface area contributed by atoms with Crippen LogP contribution >= 0.6 is 0 Å². The van der Waals surface area contributed by atoms with Crippen molar-refractivity contribution in [2.24, 2.45) is 5.73 Å². The van der Waals surface area contributed by atoms with Crippen molar-refractivity contribution in [3.63, 3.8) is 0 Å². The minimum Gasteiger partial charge on any atom is -0.493 e. The summed E-state index contributed by atoms with van der Waals surface area (Å²) in [4.78, 5) is 24.2. The first-order chi connectivity index (χ1) is 12.0. The van der Waals surface area contributed by atoms with Gasteiger partial charge < -0.3 is 25.8 Å². The first kappa shape index (κ1) is 18.3. The van der Waals surface area contributed by atoms with Crippen LogP contribution in [0.4, 0.5) is 11.4 Å². The molecular formula is C18H21N3O4. The molecule has 7 heteroatoms. The van der Waals surface area contributed by atoms with Gasteiger partial charge >= 0.3 is 0 Å². The third-order valence-corrected chi connectivity index (χ3v) is 3.51. The van der Waals surface area contributed by atoms with Crippen molar-refractivity contribution in [1.29, 1.82) is 0 Å². The highest BCUT2D eigenvalue weighted by Crippen LogP contribution is 2.36. The molecule has 0 aromatic heterocycles. The van der Waals surface area contributed by atoms with Crippen LogP contribution in [0.5, 0.6) is 11.5 Å². The fraction of sp³-hybridized carbons (Fsp3) is 0.222. The van der Waals surface area contributed by atoms with Gasteiger partial charge in [-0.05, 0) is 19.1 Å². The van der Waals surface area contributed by atoms with Gasteiger partial charge in [0, 0.05) is 17.7 Å². The number of nitrogens with two attached hydrogens (primary N) is 1. The van der Waals surface area contributed by atoms with E-state index in [0.29, 0.717) is 28.4 Å². The van der Waals surface area contributed by atoms with Crippen LogP contribution in [-0.4, -0.2) is 32.6 Å². The molecule has 0 aliphatic rings. The molecule has 2 rings (SSSR count). The van der Waals surface area contributed by atoms with Gasteiger partial charge in [-0.2, -0.15) is 0 Å². The quantitative estimate of drug-likeness (QED) is 0.746. The van der Waals surface area contributed by atoms with E-state index in [1.54, 1.807) is 30.3 Å². The molecule has 0 unspecified atom stereocenters. The Morgan fingerprint density at radius 3 is 2.12 bits per heavy atom. The number of hydrogen-bond donors (Lipinski definition) is 3. The average molecular weight is 343 g/mol. The molecule has 0 bridgehead atoms. The van der Waals surface area contributed by atoms with Crippen molar-refractivity contribution < 1.29 is 19.1 Å². The summed E-state index contributed by atoms with van der Waals surface area (Å²) < 4.78 is 10.5. The number of nitrogens with one attached hydrogen (secondary N) is 2. The highest BCUT2D eigenvalue weighted by molar-refractivity contribution is 6.07. The molecule has 25 heavy (non-hydrogen) atoms. The van der Waals surface area contributed by atoms with Gasteiger partial charge in [0.05, 0.1) is 32.1 Å². The predicted molar refractivity (Wildman–Crippen MR) is 96.4 cm³/mol. The molecule has 2 aromatic rings. The van der Waals surface area contributed by atoms with Crippen molar-refractivity contribution in [2.45, 2.75) is 6.92 Å². The van der Waals surface area contributed by atoms with Crippen molar-refractivity contribution in [1.82, 2.24) is 0 Å². The van der Waals surface area contributed by atoms with Crippen LogP contribution in [0.1, 0.15) is 15.9 Å². The van der Waals surface area contributed by atoms with Crippen molar-refractivity contribution in [3.8, 4) is 11.5 Å². The second kappa shape index (κ2) is 8.16. The second-order valence-corrected chi connectivity index (χ2v) is 5.33. The fourth-order valence-corrected chi connectivity index (χ4v) is 2.27. The lowest BCUT2D eigenvalue weighted by molar-refractivity contribution is -0.114. The number of carbonyl (C=O) groups excluding carboxylic acids is 2. The maximum Gasteiger partial charge on any atom is 0.255 e. The van der Waals surface area contributed by atoms with Gasteiger partial charge in [-0.25, -0.2) is 0 Å². The van der Waals surface area contributed by atoms with E-state index in [0.717, 1.165) is 5.56 Å². The highest BCUT2D eigenvalue weighted by Gasteiger charge is 2.16. The molecule has 2 aromatic carbocycles. The molecule has 2 amide bonds. The van der Waals surface area contributed by atoms with Crippen LogP contribution < -0.4 is 25.8 Å². The Kier molecular flexibility index (Phi) is 5.97. The first-order valence-corrected chi connectivity index (χ1v) is 7.62. The molecule has 0 fully saturated rings. The second-order valence-electron chi connectivity index (χ2n) is 5.33. The molecule has 0 aliphatic carbocycles. The standard InChI is InChI=1S/C18H21N3O4/c1-11-5-4-6-12(7-11)18(23)21-14-9-16(25-3)15(24-2)8-13(14)20-17(22)10-19/h4-9H,10,19H2,1-3H3,(H,20,22)(H,21,23). The summed E-state index contributed by atoms with van der Waals surface area (Å²) in [7, 11) is 2.97. The number of ether oxygens (including phenoxy) is 2. The molecule has 0 heterocycles. The number of methoxy groups -OCH3 is 2. The summed E-state index contributed by atoms with van der Waals surface area (Å²) in [5.41, 5.74) is 7.57. The fourth-order valence-electron chi connectivity index (χ4n) is 2.27. The SMILES string of the molecule is COc1cc(NC(=O)CN)c(NC(=O)c2cccc(C)c2)cc1OC. The lowest BCUT2D eigenvalue weighted by Crippen LogP contribution is -2.23. The van der Waals surface area contributed by atoms with Gasteiger partial charge in [-0.1, -0.05) is 17.7 Å². The summed E-state index contributed by atoms with van der Waals surface area (Å²) in [6, 6.07) is 10.3. The maximum absolute atomic E-state index is 12.5. The molecule has 4 N–H and O–H groups in total. The third-order valence-electron chi connectivity index (χ3n) is 3.51. The zero-order chi connectivity index (χ0) is 18.4. The molecule has 0 saturated carbocycles. The van der Waals surface area contributed by atoms with Crippen LogP contribution in [0, 0.1) is 6.92 Å². The Morgan fingerprint density at radius 2 is 1.60 bits per heavy atom. The summed E-state index contributed by atoms with van der Waals surface area (Å²) in [5.74, 6) is 0.147. The number of aryl methyl sites for hydroxylation is 1. The van der Waals surface area contributed by atoms with Gasteiger partial charge in [0.1, 0.15) is 0 Å². The van der Waals surface area contributed by atoms with E-state index in [4.69, 9.17) is 15.2 Å². The van der Waals surface area contributed by atoms with E-state index in [9.17, 15) is 9.59 Å². The van der Waals surface area contributed by atoms with E-state index in [2.05, 4.69) is 10.6 Å². The highest BCUT2D eigenvalue weighted by atomic mass is 16.5. The van der Waals surface area contributed by atoms with Gasteiger partial charge in [0.2, 0.25) is 5.91 Å². The molecule has 132 valence electrons. The Morgan fingerprint density at radius 1 is 1.00 bits per heavy atom. The minimum atomic E-state index is -0.390. The van der Waals surface area contributed by atoms with E-state index >= 15 is 0 Å². The molecular weight excluding hydrogens is 322 g/mol. The van der Waals surface area contributed by atoms with Gasteiger partial charge in [0.15, 0.2) is 11.5 Å². The van der Waals surface area contributed by atoms with Gasteiger partial charge in [0.25, 0.3) is 5.91 Å². The number of benzene rings is 2. The summed E-state index contributed by atoms with van der Waals surface area (Å²) in [5, 5.41) is 5.42. The van der Waals surface area contributed by atoms with Crippen LogP contribution in [0.25, 0.3) is 0 Å². The van der Waals surface area contributed by atoms with Crippen LogP contribution in [0.3, 0.4) is 0 Å². The smallest absolute Gasteiger partial charge is 0.255 e. The zero-order valence-electron chi connectivity index (χ0n) is 14.4. The van der Waals surface area contributed by atoms with Crippen molar-refractivity contribution >= 4 is 23.2 Å². The molecule has 0 radical (unpaired) electrons. The molecule has 7 nitrogen and oxygen atoms in total. The van der Waals surface area contributed by atoms with Gasteiger partial charge in [-0.3, -0.25) is 9.59 Å². The van der Waals surface area contributed by atoms with Crippen molar-refractivity contribution in [2.75, 3.05) is 31.4 Å². The maximum atomic E-state index is 12.5. The topological polar surface area (TPSA) is 103 Å². The van der Waals surface area contributed by atoms with Crippen LogP contribution in [0.15, 0.2) is 36.4 Å².